The zero-order valence-corrected chi connectivity index (χ0v) is 10.7. The summed E-state index contributed by atoms with van der Waals surface area (Å²) < 4.78 is 15.1. The zero-order valence-electron chi connectivity index (χ0n) is 10.7. The molecule has 2 aromatic rings. The lowest BCUT2D eigenvalue weighted by Gasteiger charge is -2.19. The van der Waals surface area contributed by atoms with Gasteiger partial charge in [0.25, 0.3) is 5.56 Å². The van der Waals surface area contributed by atoms with Gasteiger partial charge >= 0.3 is 0 Å². The van der Waals surface area contributed by atoms with Gasteiger partial charge in [0.15, 0.2) is 0 Å². The molecule has 0 aliphatic carbocycles. The van der Waals surface area contributed by atoms with E-state index in [0.29, 0.717) is 5.39 Å². The van der Waals surface area contributed by atoms with Gasteiger partial charge in [-0.05, 0) is 23.1 Å². The topological polar surface area (TPSA) is 60.9 Å². The number of hydrogen-bond acceptors (Lipinski definition) is 3. The summed E-state index contributed by atoms with van der Waals surface area (Å²) >= 11 is 0. The Bertz CT molecular complexity index is 656. The molecule has 0 bridgehead atoms. The zero-order chi connectivity index (χ0) is 13.5. The normalized spacial score (nSPS) is 12.1. The van der Waals surface area contributed by atoms with Gasteiger partial charge < -0.3 is 5.73 Å². The third kappa shape index (κ3) is 2.01. The lowest BCUT2D eigenvalue weighted by Crippen LogP contribution is -2.27. The molecule has 0 amide bonds. The maximum absolute atomic E-state index is 14.1. The lowest BCUT2D eigenvalue weighted by molar-refractivity contribution is 0.571. The average Bonchev–Trinajstić information content (AvgIpc) is 2.27. The minimum Gasteiger partial charge on any atom is -0.312 e. The van der Waals surface area contributed by atoms with E-state index in [9.17, 15) is 9.18 Å². The minimum atomic E-state index is -0.521. The van der Waals surface area contributed by atoms with Crippen LogP contribution in [-0.4, -0.2) is 9.78 Å². The van der Waals surface area contributed by atoms with Crippen molar-refractivity contribution in [3.05, 3.63) is 40.1 Å². The maximum atomic E-state index is 14.1. The molecule has 0 aliphatic rings. The second-order valence-corrected chi connectivity index (χ2v) is 5.30. The Morgan fingerprint density at radius 2 is 2.06 bits per heavy atom. The van der Waals surface area contributed by atoms with E-state index >= 15 is 0 Å². The summed E-state index contributed by atoms with van der Waals surface area (Å²) in [4.78, 5) is 11.9. The Morgan fingerprint density at radius 3 is 2.61 bits per heavy atom. The highest BCUT2D eigenvalue weighted by Crippen LogP contribution is 2.26. The van der Waals surface area contributed by atoms with E-state index in [0.717, 1.165) is 10.2 Å². The van der Waals surface area contributed by atoms with Crippen molar-refractivity contribution in [1.82, 2.24) is 9.78 Å². The van der Waals surface area contributed by atoms with E-state index in [1.54, 1.807) is 6.07 Å². The van der Waals surface area contributed by atoms with Gasteiger partial charge in [0.1, 0.15) is 5.82 Å². The Kier molecular flexibility index (Phi) is 2.94. The van der Waals surface area contributed by atoms with Crippen LogP contribution in [-0.2, 0) is 12.1 Å². The van der Waals surface area contributed by atoms with Gasteiger partial charge in [0, 0.05) is 5.39 Å². The van der Waals surface area contributed by atoms with Crippen molar-refractivity contribution in [3.8, 4) is 0 Å². The first-order chi connectivity index (χ1) is 8.34. The summed E-state index contributed by atoms with van der Waals surface area (Å²) in [5, 5.41) is 4.46. The molecule has 18 heavy (non-hydrogen) atoms. The smallest absolute Gasteiger partial charge is 0.278 e. The third-order valence-corrected chi connectivity index (χ3v) is 2.94. The molecule has 96 valence electrons. The van der Waals surface area contributed by atoms with E-state index in [-0.39, 0.29) is 17.5 Å². The highest BCUT2D eigenvalue weighted by atomic mass is 19.1. The van der Waals surface area contributed by atoms with E-state index in [1.807, 2.05) is 20.8 Å². The summed E-state index contributed by atoms with van der Waals surface area (Å²) in [7, 11) is 0. The molecule has 5 heteroatoms. The molecule has 0 saturated heterocycles. The summed E-state index contributed by atoms with van der Waals surface area (Å²) in [6, 6.07) is 3.21. The van der Waals surface area contributed by atoms with Crippen LogP contribution in [0.15, 0.2) is 23.1 Å². The Hall–Kier alpha value is -1.75. The van der Waals surface area contributed by atoms with Crippen LogP contribution in [0, 0.1) is 5.82 Å². The molecule has 0 atom stereocenters. The molecule has 0 spiro atoms. The first-order valence-corrected chi connectivity index (χ1v) is 5.74. The number of nitrogens with zero attached hydrogens (tertiary/aromatic N) is 2. The lowest BCUT2D eigenvalue weighted by atomic mass is 9.86. The van der Waals surface area contributed by atoms with Crippen molar-refractivity contribution in [2.24, 2.45) is 5.73 Å². The van der Waals surface area contributed by atoms with Crippen LogP contribution in [0.5, 0.6) is 0 Å². The van der Waals surface area contributed by atoms with Gasteiger partial charge in [0.2, 0.25) is 0 Å². The van der Waals surface area contributed by atoms with Crippen LogP contribution in [0.3, 0.4) is 0 Å². The number of aromatic nitrogens is 2. The second kappa shape index (κ2) is 4.17. The third-order valence-electron chi connectivity index (χ3n) is 2.94. The van der Waals surface area contributed by atoms with Crippen molar-refractivity contribution in [1.29, 1.82) is 0 Å². The van der Waals surface area contributed by atoms with Crippen LogP contribution in [0.4, 0.5) is 4.39 Å². The highest BCUT2D eigenvalue weighted by Gasteiger charge is 2.18. The van der Waals surface area contributed by atoms with Crippen LogP contribution in [0.2, 0.25) is 0 Å². The van der Waals surface area contributed by atoms with Crippen LogP contribution in [0.1, 0.15) is 26.3 Å². The molecule has 1 aromatic carbocycles. The molecule has 0 fully saturated rings. The number of nitrogens with two attached hydrogens (primary N) is 1. The van der Waals surface area contributed by atoms with Crippen LogP contribution >= 0.6 is 0 Å². The average molecular weight is 249 g/mol. The van der Waals surface area contributed by atoms with Gasteiger partial charge in [-0.15, -0.1) is 0 Å². The summed E-state index contributed by atoms with van der Waals surface area (Å²) in [6.07, 6.45) is 1.47. The SMILES string of the molecule is CC(C)(C)c1cc(F)c2c(=O)n(CN)ncc2c1. The van der Waals surface area contributed by atoms with Crippen molar-refractivity contribution < 1.29 is 4.39 Å². The van der Waals surface area contributed by atoms with Crippen molar-refractivity contribution >= 4 is 10.8 Å². The number of hydrogen-bond donors (Lipinski definition) is 1. The number of fused-ring (bicyclic) bond motifs is 1. The summed E-state index contributed by atoms with van der Waals surface area (Å²) in [6.45, 7) is 5.90. The predicted molar refractivity (Wildman–Crippen MR) is 68.8 cm³/mol. The molecule has 1 heterocycles. The molecule has 2 N–H and O–H groups in total. The monoisotopic (exact) mass is 249 g/mol. The molecule has 2 rings (SSSR count). The van der Waals surface area contributed by atoms with Gasteiger partial charge in [-0.1, -0.05) is 20.8 Å². The molecular formula is C13H16FN3O. The molecular weight excluding hydrogens is 233 g/mol. The number of rotatable bonds is 1. The maximum Gasteiger partial charge on any atom is 0.278 e. The first kappa shape index (κ1) is 12.7. The number of benzene rings is 1. The fourth-order valence-corrected chi connectivity index (χ4v) is 1.83. The van der Waals surface area contributed by atoms with Gasteiger partial charge in [-0.25, -0.2) is 9.07 Å². The van der Waals surface area contributed by atoms with Gasteiger partial charge in [-0.3, -0.25) is 4.79 Å². The Balaban J connectivity index is 2.82. The van der Waals surface area contributed by atoms with E-state index in [1.165, 1.54) is 12.3 Å². The van der Waals surface area contributed by atoms with Crippen molar-refractivity contribution in [2.45, 2.75) is 32.9 Å². The van der Waals surface area contributed by atoms with Gasteiger partial charge in [0.05, 0.1) is 18.3 Å². The van der Waals surface area contributed by atoms with E-state index in [2.05, 4.69) is 5.10 Å². The Morgan fingerprint density at radius 1 is 1.39 bits per heavy atom. The standard InChI is InChI=1S/C13H16FN3O/c1-13(2,3)9-4-8-6-16-17(7-15)12(18)11(8)10(14)5-9/h4-6H,7,15H2,1-3H3. The van der Waals surface area contributed by atoms with Crippen molar-refractivity contribution in [2.75, 3.05) is 0 Å². The van der Waals surface area contributed by atoms with Gasteiger partial charge in [-0.2, -0.15) is 5.10 Å². The quantitative estimate of drug-likeness (QED) is 0.837. The minimum absolute atomic E-state index is 0.0449. The second-order valence-electron chi connectivity index (χ2n) is 5.30. The predicted octanol–water partition coefficient (Wildman–Crippen LogP) is 1.75. The molecule has 4 nitrogen and oxygen atoms in total. The Labute approximate surface area is 104 Å². The molecule has 0 saturated carbocycles. The van der Waals surface area contributed by atoms with Crippen LogP contribution < -0.4 is 11.3 Å². The summed E-state index contributed by atoms with van der Waals surface area (Å²) in [5.74, 6) is -0.521. The van der Waals surface area contributed by atoms with E-state index < -0.39 is 11.4 Å². The van der Waals surface area contributed by atoms with E-state index in [4.69, 9.17) is 5.73 Å². The molecule has 0 aliphatic heterocycles. The largest absolute Gasteiger partial charge is 0.312 e. The molecule has 0 unspecified atom stereocenters. The van der Waals surface area contributed by atoms with Crippen LogP contribution in [0.25, 0.3) is 10.8 Å². The fourth-order valence-electron chi connectivity index (χ4n) is 1.83. The number of halogens is 1. The van der Waals surface area contributed by atoms with Crippen molar-refractivity contribution in [3.63, 3.8) is 0 Å². The highest BCUT2D eigenvalue weighted by molar-refractivity contribution is 5.82. The molecule has 0 radical (unpaired) electrons. The molecule has 1 aromatic heterocycles. The first-order valence-electron chi connectivity index (χ1n) is 5.74. The fraction of sp³-hybridized carbons (Fsp3) is 0.385. The summed E-state index contributed by atoms with van der Waals surface area (Å²) in [5.41, 5.74) is 5.53.